The van der Waals surface area contributed by atoms with E-state index in [1.807, 2.05) is 32.0 Å². The Hall–Kier alpha value is -1.85. The van der Waals surface area contributed by atoms with E-state index in [4.69, 9.17) is 11.6 Å². The molecule has 0 saturated heterocycles. The highest BCUT2D eigenvalue weighted by molar-refractivity contribution is 7.92. The number of anilines is 1. The van der Waals surface area contributed by atoms with Crippen LogP contribution in [0.15, 0.2) is 42.5 Å². The Morgan fingerprint density at radius 3 is 2.38 bits per heavy atom. The molecule has 0 heterocycles. The Bertz CT molecular complexity index is 845. The molecule has 1 N–H and O–H groups in total. The number of benzene rings is 2. The van der Waals surface area contributed by atoms with Crippen molar-refractivity contribution in [3.63, 3.8) is 0 Å². The molecular formula is C18H20ClNO3S. The Kier molecular flexibility index (Phi) is 5.67. The lowest BCUT2D eigenvalue weighted by Crippen LogP contribution is -2.33. The molecule has 1 atom stereocenters. The number of carbonyl (C=O) groups excluding carboxylic acids is 1. The fourth-order valence-corrected chi connectivity index (χ4v) is 3.74. The van der Waals surface area contributed by atoms with Crippen molar-refractivity contribution < 1.29 is 13.2 Å². The van der Waals surface area contributed by atoms with Crippen molar-refractivity contribution in [1.82, 2.24) is 0 Å². The minimum Gasteiger partial charge on any atom is -0.325 e. The second-order valence-electron chi connectivity index (χ2n) is 5.88. The Balaban J connectivity index is 2.14. The predicted molar refractivity (Wildman–Crippen MR) is 98.1 cm³/mol. The maximum Gasteiger partial charge on any atom is 0.242 e. The fourth-order valence-electron chi connectivity index (χ4n) is 2.24. The first-order valence-corrected chi connectivity index (χ1v) is 9.62. The number of rotatable bonds is 5. The zero-order valence-corrected chi connectivity index (χ0v) is 15.4. The van der Waals surface area contributed by atoms with Gasteiger partial charge in [0.1, 0.15) is 5.25 Å². The highest BCUT2D eigenvalue weighted by atomic mass is 35.5. The first-order chi connectivity index (χ1) is 11.2. The van der Waals surface area contributed by atoms with Crippen molar-refractivity contribution in [3.05, 3.63) is 64.2 Å². The normalized spacial score (nSPS) is 12.7. The average Bonchev–Trinajstić information content (AvgIpc) is 2.52. The van der Waals surface area contributed by atoms with Crippen molar-refractivity contribution in [2.24, 2.45) is 0 Å². The topological polar surface area (TPSA) is 63.2 Å². The maximum atomic E-state index is 12.6. The highest BCUT2D eigenvalue weighted by Crippen LogP contribution is 2.19. The number of halogens is 1. The Labute approximate surface area is 147 Å². The number of nitrogens with one attached hydrogen (secondary N) is 1. The molecule has 24 heavy (non-hydrogen) atoms. The summed E-state index contributed by atoms with van der Waals surface area (Å²) in [5.41, 5.74) is 3.12. The number of sulfone groups is 1. The van der Waals surface area contributed by atoms with Gasteiger partial charge in [0.05, 0.1) is 5.75 Å². The molecule has 0 aliphatic heterocycles. The molecule has 2 rings (SSSR count). The third kappa shape index (κ3) is 4.58. The summed E-state index contributed by atoms with van der Waals surface area (Å²) in [6, 6.07) is 12.2. The molecule has 128 valence electrons. The van der Waals surface area contributed by atoms with Gasteiger partial charge in [-0.15, -0.1) is 0 Å². The van der Waals surface area contributed by atoms with Gasteiger partial charge >= 0.3 is 0 Å². The summed E-state index contributed by atoms with van der Waals surface area (Å²) in [6.07, 6.45) is 0. The maximum absolute atomic E-state index is 12.6. The summed E-state index contributed by atoms with van der Waals surface area (Å²) in [5, 5.41) is 2.01. The zero-order chi connectivity index (χ0) is 17.9. The van der Waals surface area contributed by atoms with Gasteiger partial charge in [-0.2, -0.15) is 0 Å². The lowest BCUT2D eigenvalue weighted by Gasteiger charge is -2.15. The van der Waals surface area contributed by atoms with E-state index < -0.39 is 21.0 Å². The Morgan fingerprint density at radius 2 is 1.75 bits per heavy atom. The minimum atomic E-state index is -3.62. The quantitative estimate of drug-likeness (QED) is 0.874. The fraction of sp³-hybridized carbons (Fsp3) is 0.278. The third-order valence-corrected chi connectivity index (χ3v) is 6.14. The van der Waals surface area contributed by atoms with Gasteiger partial charge in [0.25, 0.3) is 0 Å². The summed E-state index contributed by atoms with van der Waals surface area (Å²) in [5.74, 6) is -0.710. The zero-order valence-electron chi connectivity index (χ0n) is 13.8. The molecule has 0 spiro atoms. The molecule has 0 radical (unpaired) electrons. The summed E-state index contributed by atoms with van der Waals surface area (Å²) in [6.45, 7) is 5.18. The van der Waals surface area contributed by atoms with E-state index in [2.05, 4.69) is 5.32 Å². The van der Waals surface area contributed by atoms with Crippen LogP contribution in [0.2, 0.25) is 5.02 Å². The molecule has 0 aromatic heterocycles. The van der Waals surface area contributed by atoms with Crippen molar-refractivity contribution in [2.75, 3.05) is 5.32 Å². The number of hydrogen-bond donors (Lipinski definition) is 1. The van der Waals surface area contributed by atoms with E-state index in [1.54, 1.807) is 24.3 Å². The van der Waals surface area contributed by atoms with Gasteiger partial charge in [-0.3, -0.25) is 4.79 Å². The SMILES string of the molecule is Cc1ccc(C)c(CS(=O)(=O)[C@@H](C)C(=O)Nc2ccc(Cl)cc2)c1. The van der Waals surface area contributed by atoms with E-state index in [0.29, 0.717) is 10.7 Å². The summed E-state index contributed by atoms with van der Waals surface area (Å²) in [4.78, 5) is 12.3. The van der Waals surface area contributed by atoms with Gasteiger partial charge in [-0.1, -0.05) is 35.4 Å². The van der Waals surface area contributed by atoms with Gasteiger partial charge in [0, 0.05) is 10.7 Å². The molecule has 2 aromatic carbocycles. The van der Waals surface area contributed by atoms with Crippen LogP contribution < -0.4 is 5.32 Å². The molecule has 4 nitrogen and oxygen atoms in total. The average molecular weight is 366 g/mol. The molecule has 0 unspecified atom stereocenters. The van der Waals surface area contributed by atoms with Crippen LogP contribution in [-0.4, -0.2) is 19.6 Å². The number of carbonyl (C=O) groups is 1. The van der Waals surface area contributed by atoms with Gasteiger partial charge in [-0.05, 0) is 56.2 Å². The van der Waals surface area contributed by atoms with Crippen molar-refractivity contribution in [2.45, 2.75) is 31.8 Å². The van der Waals surface area contributed by atoms with E-state index in [-0.39, 0.29) is 5.75 Å². The molecule has 0 saturated carbocycles. The summed E-state index contributed by atoms with van der Waals surface area (Å²) in [7, 11) is -3.62. The first kappa shape index (κ1) is 18.5. The second kappa shape index (κ2) is 7.36. The first-order valence-electron chi connectivity index (χ1n) is 7.53. The van der Waals surface area contributed by atoms with Crippen LogP contribution in [0.1, 0.15) is 23.6 Å². The van der Waals surface area contributed by atoms with Crippen molar-refractivity contribution in [3.8, 4) is 0 Å². The van der Waals surface area contributed by atoms with Gasteiger partial charge in [-0.25, -0.2) is 8.42 Å². The molecule has 0 aliphatic rings. The van der Waals surface area contributed by atoms with Crippen LogP contribution in [0.3, 0.4) is 0 Å². The van der Waals surface area contributed by atoms with E-state index in [9.17, 15) is 13.2 Å². The Morgan fingerprint density at radius 1 is 1.12 bits per heavy atom. The van der Waals surface area contributed by atoms with E-state index in [0.717, 1.165) is 16.7 Å². The molecule has 0 fully saturated rings. The highest BCUT2D eigenvalue weighted by Gasteiger charge is 2.28. The van der Waals surface area contributed by atoms with Crippen LogP contribution in [-0.2, 0) is 20.4 Å². The predicted octanol–water partition coefficient (Wildman–Crippen LogP) is 3.90. The smallest absolute Gasteiger partial charge is 0.242 e. The molecule has 6 heteroatoms. The van der Waals surface area contributed by atoms with E-state index >= 15 is 0 Å². The lowest BCUT2D eigenvalue weighted by atomic mass is 10.1. The molecule has 1 amide bonds. The van der Waals surface area contributed by atoms with Crippen LogP contribution in [0.4, 0.5) is 5.69 Å². The summed E-state index contributed by atoms with van der Waals surface area (Å²) >= 11 is 5.79. The van der Waals surface area contributed by atoms with Crippen LogP contribution in [0, 0.1) is 13.8 Å². The molecular weight excluding hydrogens is 346 g/mol. The van der Waals surface area contributed by atoms with Crippen LogP contribution >= 0.6 is 11.6 Å². The second-order valence-corrected chi connectivity index (χ2v) is 8.63. The summed E-state index contributed by atoms with van der Waals surface area (Å²) < 4.78 is 25.1. The lowest BCUT2D eigenvalue weighted by molar-refractivity contribution is -0.115. The number of aryl methyl sites for hydroxylation is 2. The van der Waals surface area contributed by atoms with Crippen LogP contribution in [0.5, 0.6) is 0 Å². The van der Waals surface area contributed by atoms with Crippen LogP contribution in [0.25, 0.3) is 0 Å². The van der Waals surface area contributed by atoms with Gasteiger partial charge in [0.15, 0.2) is 9.84 Å². The van der Waals surface area contributed by atoms with E-state index in [1.165, 1.54) is 6.92 Å². The standard InChI is InChI=1S/C18H20ClNO3S/c1-12-4-5-13(2)15(10-12)11-24(22,23)14(3)18(21)20-17-8-6-16(19)7-9-17/h4-10,14H,11H2,1-3H3,(H,20,21)/t14-/m0/s1. The minimum absolute atomic E-state index is 0.157. The number of amides is 1. The van der Waals surface area contributed by atoms with Gasteiger partial charge < -0.3 is 5.32 Å². The largest absolute Gasteiger partial charge is 0.325 e. The van der Waals surface area contributed by atoms with Gasteiger partial charge in [0.2, 0.25) is 5.91 Å². The third-order valence-electron chi connectivity index (χ3n) is 3.88. The van der Waals surface area contributed by atoms with Crippen molar-refractivity contribution >= 4 is 33.0 Å². The monoisotopic (exact) mass is 365 g/mol. The van der Waals surface area contributed by atoms with Crippen molar-refractivity contribution in [1.29, 1.82) is 0 Å². The molecule has 0 bridgehead atoms. The molecule has 0 aliphatic carbocycles. The molecule has 2 aromatic rings. The number of hydrogen-bond acceptors (Lipinski definition) is 3.